The largest absolute Gasteiger partial charge is 0.496 e. The van der Waals surface area contributed by atoms with Gasteiger partial charge in [0.15, 0.2) is 5.78 Å². The summed E-state index contributed by atoms with van der Waals surface area (Å²) in [5.41, 5.74) is 3.32. The third-order valence-electron chi connectivity index (χ3n) is 7.83. The zero-order valence-electron chi connectivity index (χ0n) is 22.8. The van der Waals surface area contributed by atoms with Crippen molar-refractivity contribution in [3.63, 3.8) is 0 Å². The minimum atomic E-state index is -0.430. The fourth-order valence-electron chi connectivity index (χ4n) is 5.56. The van der Waals surface area contributed by atoms with Crippen LogP contribution in [0.25, 0.3) is 21.2 Å². The second-order valence-electron chi connectivity index (χ2n) is 10.2. The maximum Gasteiger partial charge on any atom is 0.266 e. The van der Waals surface area contributed by atoms with Gasteiger partial charge in [-0.3, -0.25) is 9.59 Å². The Bertz CT molecular complexity index is 1560. The molecule has 40 heavy (non-hydrogen) atoms. The molecule has 1 N–H and O–H groups in total. The van der Waals surface area contributed by atoms with Crippen LogP contribution < -0.4 is 10.1 Å². The number of thiophene rings is 1. The molecule has 0 unspecified atom stereocenters. The van der Waals surface area contributed by atoms with E-state index in [0.29, 0.717) is 38.9 Å². The molecule has 1 saturated carbocycles. The molecule has 1 fully saturated rings. The molecule has 1 aromatic heterocycles. The van der Waals surface area contributed by atoms with Gasteiger partial charge in [-0.2, -0.15) is 0 Å². The standard InChI is InChI=1S/C32H32ClFN2O3S/c1-19(37)20-6-4-7-21(16-20)22-10-15-27(39-3)23(17-22)18-36(25-13-11-24(35-2)12-14-25)32(38)31-30(33)29-26(34)8-5-9-28(29)40-31/h4-10,15-17,24-25,35H,11-14,18H2,1-3H3/t24-,25-. The van der Waals surface area contributed by atoms with Crippen LogP contribution in [0.2, 0.25) is 5.02 Å². The molecular formula is C32H32ClFN2O3S. The van der Waals surface area contributed by atoms with Gasteiger partial charge in [0.25, 0.3) is 5.91 Å². The third kappa shape index (κ3) is 5.64. The van der Waals surface area contributed by atoms with Crippen LogP contribution in [0.5, 0.6) is 5.75 Å². The summed E-state index contributed by atoms with van der Waals surface area (Å²) in [5.74, 6) is 0.0356. The van der Waals surface area contributed by atoms with Gasteiger partial charge in [-0.25, -0.2) is 4.39 Å². The number of ketones is 1. The highest BCUT2D eigenvalue weighted by Gasteiger charge is 2.32. The monoisotopic (exact) mass is 578 g/mol. The van der Waals surface area contributed by atoms with Gasteiger partial charge in [0, 0.05) is 39.8 Å². The second kappa shape index (κ2) is 12.1. The van der Waals surface area contributed by atoms with Crippen LogP contribution in [0, 0.1) is 5.82 Å². The maximum absolute atomic E-state index is 14.6. The Morgan fingerprint density at radius 2 is 1.77 bits per heavy atom. The molecule has 8 heteroatoms. The van der Waals surface area contributed by atoms with Crippen molar-refractivity contribution in [3.8, 4) is 16.9 Å². The van der Waals surface area contributed by atoms with Crippen LogP contribution in [0.15, 0.2) is 60.7 Å². The summed E-state index contributed by atoms with van der Waals surface area (Å²) in [4.78, 5) is 28.4. The minimum absolute atomic E-state index is 0.00109. The predicted octanol–water partition coefficient (Wildman–Crippen LogP) is 7.75. The number of fused-ring (bicyclic) bond motifs is 1. The molecule has 0 radical (unpaired) electrons. The lowest BCUT2D eigenvalue weighted by Gasteiger charge is -2.37. The molecule has 0 saturated heterocycles. The van der Waals surface area contributed by atoms with Crippen LogP contribution >= 0.6 is 22.9 Å². The summed E-state index contributed by atoms with van der Waals surface area (Å²) < 4.78 is 21.0. The highest BCUT2D eigenvalue weighted by atomic mass is 35.5. The van der Waals surface area contributed by atoms with Crippen LogP contribution in [0.4, 0.5) is 4.39 Å². The van der Waals surface area contributed by atoms with Gasteiger partial charge >= 0.3 is 0 Å². The van der Waals surface area contributed by atoms with Gasteiger partial charge in [-0.1, -0.05) is 41.9 Å². The summed E-state index contributed by atoms with van der Waals surface area (Å²) in [6.45, 7) is 1.86. The first-order valence-electron chi connectivity index (χ1n) is 13.4. The molecule has 0 spiro atoms. The zero-order chi connectivity index (χ0) is 28.4. The third-order valence-corrected chi connectivity index (χ3v) is 9.46. The summed E-state index contributed by atoms with van der Waals surface area (Å²) in [6.07, 6.45) is 3.59. The normalized spacial score (nSPS) is 17.1. The Labute approximate surface area is 242 Å². The van der Waals surface area contributed by atoms with Crippen molar-refractivity contribution in [3.05, 3.63) is 87.5 Å². The van der Waals surface area contributed by atoms with Crippen molar-refractivity contribution in [2.75, 3.05) is 14.2 Å². The molecule has 208 valence electrons. The van der Waals surface area contributed by atoms with Crippen molar-refractivity contribution in [1.82, 2.24) is 10.2 Å². The minimum Gasteiger partial charge on any atom is -0.496 e. The smallest absolute Gasteiger partial charge is 0.266 e. The fraction of sp³-hybridized carbons (Fsp3) is 0.312. The average molecular weight is 579 g/mol. The molecule has 1 aliphatic carbocycles. The Hall–Kier alpha value is -3.26. The van der Waals surface area contributed by atoms with E-state index in [9.17, 15) is 14.0 Å². The zero-order valence-corrected chi connectivity index (χ0v) is 24.4. The molecule has 5 rings (SSSR count). The number of carbonyl (C=O) groups excluding carboxylic acids is 2. The number of nitrogens with zero attached hydrogens (tertiary/aromatic N) is 1. The van der Waals surface area contributed by atoms with E-state index in [1.807, 2.05) is 48.3 Å². The molecule has 1 aliphatic rings. The van der Waals surface area contributed by atoms with Crippen LogP contribution in [0.3, 0.4) is 0 Å². The lowest BCUT2D eigenvalue weighted by molar-refractivity contribution is 0.0604. The number of hydrogen-bond acceptors (Lipinski definition) is 5. The number of rotatable bonds is 8. The van der Waals surface area contributed by atoms with E-state index >= 15 is 0 Å². The van der Waals surface area contributed by atoms with Crippen molar-refractivity contribution < 1.29 is 18.7 Å². The van der Waals surface area contributed by atoms with E-state index < -0.39 is 5.82 Å². The van der Waals surface area contributed by atoms with E-state index in [0.717, 1.165) is 42.4 Å². The molecule has 0 aliphatic heterocycles. The van der Waals surface area contributed by atoms with E-state index in [-0.39, 0.29) is 22.8 Å². The number of Topliss-reactive ketones (excluding diaryl/α,β-unsaturated/α-hetero) is 1. The van der Waals surface area contributed by atoms with E-state index in [1.165, 1.54) is 17.4 Å². The molecule has 0 atom stereocenters. The first-order chi connectivity index (χ1) is 19.3. The molecular weight excluding hydrogens is 547 g/mol. The van der Waals surface area contributed by atoms with Crippen molar-refractivity contribution in [1.29, 1.82) is 0 Å². The molecule has 4 aromatic rings. The van der Waals surface area contributed by atoms with Gasteiger partial charge < -0.3 is 15.0 Å². The predicted molar refractivity (Wildman–Crippen MR) is 160 cm³/mol. The second-order valence-corrected chi connectivity index (χ2v) is 11.7. The molecule has 1 amide bonds. The molecule has 3 aromatic carbocycles. The Kier molecular flexibility index (Phi) is 8.54. The number of ether oxygens (including phenoxy) is 1. The first-order valence-corrected chi connectivity index (χ1v) is 14.6. The van der Waals surface area contributed by atoms with Gasteiger partial charge in [0.05, 0.1) is 12.1 Å². The molecule has 1 heterocycles. The lowest BCUT2D eigenvalue weighted by Crippen LogP contribution is -2.44. The highest BCUT2D eigenvalue weighted by molar-refractivity contribution is 7.21. The number of hydrogen-bond donors (Lipinski definition) is 1. The quantitative estimate of drug-likeness (QED) is 0.217. The van der Waals surface area contributed by atoms with Gasteiger partial charge in [-0.15, -0.1) is 11.3 Å². The highest BCUT2D eigenvalue weighted by Crippen LogP contribution is 2.39. The summed E-state index contributed by atoms with van der Waals surface area (Å²) >= 11 is 7.88. The van der Waals surface area contributed by atoms with Gasteiger partial charge in [-0.05, 0) is 81.1 Å². The summed E-state index contributed by atoms with van der Waals surface area (Å²) in [6, 6.07) is 18.6. The summed E-state index contributed by atoms with van der Waals surface area (Å²) in [5, 5.41) is 3.81. The van der Waals surface area contributed by atoms with Crippen LogP contribution in [-0.4, -0.2) is 42.8 Å². The lowest BCUT2D eigenvalue weighted by atomic mass is 9.89. The maximum atomic E-state index is 14.6. The van der Waals surface area contributed by atoms with Gasteiger partial charge in [0.2, 0.25) is 0 Å². The van der Waals surface area contributed by atoms with E-state index in [2.05, 4.69) is 5.32 Å². The number of carbonyl (C=O) groups is 2. The van der Waals surface area contributed by atoms with Crippen molar-refractivity contribution in [2.45, 2.75) is 51.2 Å². The molecule has 5 nitrogen and oxygen atoms in total. The topological polar surface area (TPSA) is 58.6 Å². The Morgan fingerprint density at radius 1 is 1.05 bits per heavy atom. The van der Waals surface area contributed by atoms with Gasteiger partial charge in [0.1, 0.15) is 16.4 Å². The van der Waals surface area contributed by atoms with E-state index in [4.69, 9.17) is 16.3 Å². The SMILES string of the molecule is CN[C@H]1CC[C@H](N(Cc2cc(-c3cccc(C(C)=O)c3)ccc2OC)C(=O)c2sc3cccc(F)c3c2Cl)CC1. The first kappa shape index (κ1) is 28.3. The van der Waals surface area contributed by atoms with Crippen LogP contribution in [-0.2, 0) is 6.54 Å². The average Bonchev–Trinajstić information content (AvgIpc) is 3.32. The number of benzene rings is 3. The fourth-order valence-corrected chi connectivity index (χ4v) is 7.07. The molecule has 0 bridgehead atoms. The van der Waals surface area contributed by atoms with Crippen molar-refractivity contribution >= 4 is 44.7 Å². The Balaban J connectivity index is 1.55. The summed E-state index contributed by atoms with van der Waals surface area (Å²) in [7, 11) is 3.59. The number of nitrogens with one attached hydrogen (secondary N) is 1. The number of halogens is 2. The van der Waals surface area contributed by atoms with E-state index in [1.54, 1.807) is 32.2 Å². The van der Waals surface area contributed by atoms with Crippen molar-refractivity contribution in [2.24, 2.45) is 0 Å². The number of amides is 1. The number of methoxy groups -OCH3 is 1. The Morgan fingerprint density at radius 3 is 2.45 bits per heavy atom. The van der Waals surface area contributed by atoms with Crippen LogP contribution in [0.1, 0.15) is 58.2 Å².